The quantitative estimate of drug-likeness (QED) is 0.116. The molecule has 0 aliphatic rings. The summed E-state index contributed by atoms with van der Waals surface area (Å²) in [5.41, 5.74) is 10.6. The molecule has 0 aromatic heterocycles. The number of hydrogen-bond acceptors (Lipinski definition) is 11. The molecule has 0 rings (SSSR count). The predicted octanol–water partition coefficient (Wildman–Crippen LogP) is -1.85. The predicted molar refractivity (Wildman–Crippen MR) is 118 cm³/mol. The minimum absolute atomic E-state index is 0.0107. The Hall–Kier alpha value is -0.930. The number of ether oxygens (including phenoxy) is 8. The molecule has 12 heteroatoms. The maximum absolute atomic E-state index is 11.6. The third-order valence-corrected chi connectivity index (χ3v) is 3.56. The number of nitrogens with two attached hydrogens (primary N) is 2. The van der Waals surface area contributed by atoms with E-state index in [0.29, 0.717) is 119 Å². The van der Waals surface area contributed by atoms with Gasteiger partial charge in [-0.25, -0.2) is 0 Å². The van der Waals surface area contributed by atoms with Crippen LogP contribution in [0.15, 0.2) is 0 Å². The number of carbonyl (C=O) groups excluding carboxylic acids is 1. The monoisotopic (exact) mass is 469 g/mol. The Labute approximate surface area is 191 Å². The molecule has 0 radical (unpaired) electrons. The Kier molecular flexibility index (Phi) is 27.3. The van der Waals surface area contributed by atoms with E-state index in [4.69, 9.17) is 49.4 Å². The fourth-order valence-corrected chi connectivity index (χ4v) is 2.07. The van der Waals surface area contributed by atoms with Crippen molar-refractivity contribution in [1.82, 2.24) is 5.32 Å². The second kappa shape index (κ2) is 28.1. The maximum atomic E-state index is 11.6. The molecule has 192 valence electrons. The molecule has 0 bridgehead atoms. The second-order valence-electron chi connectivity index (χ2n) is 6.27. The zero-order chi connectivity index (χ0) is 23.4. The van der Waals surface area contributed by atoms with Crippen molar-refractivity contribution < 1.29 is 42.7 Å². The zero-order valence-electron chi connectivity index (χ0n) is 19.3. The van der Waals surface area contributed by atoms with E-state index in [-0.39, 0.29) is 12.5 Å². The van der Waals surface area contributed by atoms with Crippen molar-refractivity contribution in [2.75, 3.05) is 125 Å². The van der Waals surface area contributed by atoms with Crippen molar-refractivity contribution in [3.8, 4) is 0 Å². The molecule has 0 atom stereocenters. The van der Waals surface area contributed by atoms with E-state index >= 15 is 0 Å². The van der Waals surface area contributed by atoms with E-state index < -0.39 is 0 Å². The summed E-state index contributed by atoms with van der Waals surface area (Å²) in [6.07, 6.45) is 0. The van der Waals surface area contributed by atoms with Crippen LogP contribution >= 0.6 is 0 Å². The van der Waals surface area contributed by atoms with Gasteiger partial charge in [0.15, 0.2) is 0 Å². The highest BCUT2D eigenvalue weighted by Crippen LogP contribution is 1.84. The molecule has 5 N–H and O–H groups in total. The average molecular weight is 470 g/mol. The van der Waals surface area contributed by atoms with Gasteiger partial charge in [0.25, 0.3) is 0 Å². The molecule has 0 saturated carbocycles. The Balaban J connectivity index is 3.12. The van der Waals surface area contributed by atoms with Gasteiger partial charge < -0.3 is 54.7 Å². The van der Waals surface area contributed by atoms with Crippen LogP contribution in [0.2, 0.25) is 0 Å². The van der Waals surface area contributed by atoms with Gasteiger partial charge in [-0.15, -0.1) is 0 Å². The lowest BCUT2D eigenvalue weighted by Gasteiger charge is -2.09. The van der Waals surface area contributed by atoms with Crippen LogP contribution in [0.4, 0.5) is 0 Å². The minimum atomic E-state index is -0.194. The van der Waals surface area contributed by atoms with Crippen LogP contribution in [0.5, 0.6) is 0 Å². The van der Waals surface area contributed by atoms with Crippen LogP contribution in [0.25, 0.3) is 0 Å². The fraction of sp³-hybridized carbons (Fsp3) is 0.950. The van der Waals surface area contributed by atoms with Gasteiger partial charge in [0.05, 0.1) is 99.1 Å². The third-order valence-electron chi connectivity index (χ3n) is 3.56. The normalized spacial score (nSPS) is 11.2. The highest BCUT2D eigenvalue weighted by molar-refractivity contribution is 5.77. The Morgan fingerprint density at radius 2 is 0.781 bits per heavy atom. The van der Waals surface area contributed by atoms with Gasteiger partial charge in [-0.1, -0.05) is 0 Å². The molecule has 0 aliphatic heterocycles. The molecule has 0 spiro atoms. The summed E-state index contributed by atoms with van der Waals surface area (Å²) in [5.74, 6) is -0.194. The molecule has 0 aliphatic carbocycles. The molecular formula is C20H43N3O9. The lowest BCUT2D eigenvalue weighted by Crippen LogP contribution is -2.31. The molecule has 1 amide bonds. The van der Waals surface area contributed by atoms with Crippen LogP contribution in [-0.4, -0.2) is 131 Å². The molecule has 0 fully saturated rings. The minimum Gasteiger partial charge on any atom is -0.378 e. The smallest absolute Gasteiger partial charge is 0.246 e. The first-order chi connectivity index (χ1) is 15.8. The second-order valence-corrected chi connectivity index (χ2v) is 6.27. The molecule has 0 aromatic carbocycles. The van der Waals surface area contributed by atoms with E-state index in [1.54, 1.807) is 0 Å². The third kappa shape index (κ3) is 27.1. The lowest BCUT2D eigenvalue weighted by molar-refractivity contribution is -0.126. The van der Waals surface area contributed by atoms with Crippen molar-refractivity contribution in [3.63, 3.8) is 0 Å². The maximum Gasteiger partial charge on any atom is 0.246 e. The van der Waals surface area contributed by atoms with Crippen molar-refractivity contribution in [3.05, 3.63) is 0 Å². The van der Waals surface area contributed by atoms with Gasteiger partial charge in [-0.3, -0.25) is 4.79 Å². The summed E-state index contributed by atoms with van der Waals surface area (Å²) in [5, 5.41) is 2.71. The van der Waals surface area contributed by atoms with Gasteiger partial charge in [0.2, 0.25) is 5.91 Å². The largest absolute Gasteiger partial charge is 0.378 e. The van der Waals surface area contributed by atoms with Crippen LogP contribution in [0.1, 0.15) is 0 Å². The van der Waals surface area contributed by atoms with Crippen LogP contribution in [0, 0.1) is 0 Å². The molecule has 0 heterocycles. The molecular weight excluding hydrogens is 426 g/mol. The standard InChI is InChI=1S/C20H43N3O9/c21-1-4-25-7-10-28-13-15-30-16-14-29-12-9-27-6-3-23-20(24)19-32-18-17-31-11-8-26-5-2-22/h1-19,21-22H2,(H,23,24). The van der Waals surface area contributed by atoms with Crippen LogP contribution < -0.4 is 16.8 Å². The summed E-state index contributed by atoms with van der Waals surface area (Å²) in [6.45, 7) is 8.64. The number of carbonyl (C=O) groups is 1. The zero-order valence-corrected chi connectivity index (χ0v) is 19.3. The first-order valence-electron chi connectivity index (χ1n) is 11.1. The highest BCUT2D eigenvalue weighted by atomic mass is 16.6. The van der Waals surface area contributed by atoms with Crippen molar-refractivity contribution in [2.24, 2.45) is 11.5 Å². The van der Waals surface area contributed by atoms with Crippen molar-refractivity contribution >= 4 is 5.91 Å². The summed E-state index contributed by atoms with van der Waals surface area (Å²) in [6, 6.07) is 0. The Bertz CT molecular complexity index is 382. The molecule has 0 saturated heterocycles. The Morgan fingerprint density at radius 3 is 1.16 bits per heavy atom. The topological polar surface area (TPSA) is 155 Å². The summed E-state index contributed by atoms with van der Waals surface area (Å²) in [4.78, 5) is 11.6. The van der Waals surface area contributed by atoms with E-state index in [9.17, 15) is 4.79 Å². The van der Waals surface area contributed by atoms with Gasteiger partial charge in [-0.05, 0) is 0 Å². The van der Waals surface area contributed by atoms with Gasteiger partial charge in [-0.2, -0.15) is 0 Å². The highest BCUT2D eigenvalue weighted by Gasteiger charge is 2.01. The molecule has 32 heavy (non-hydrogen) atoms. The first kappa shape index (κ1) is 31.1. The lowest BCUT2D eigenvalue weighted by atomic mass is 10.6. The average Bonchev–Trinajstić information content (AvgIpc) is 2.80. The van der Waals surface area contributed by atoms with E-state index in [0.717, 1.165) is 0 Å². The van der Waals surface area contributed by atoms with Crippen molar-refractivity contribution in [2.45, 2.75) is 0 Å². The SMILES string of the molecule is NCCOCCOCCOCCOCCOCCNC(=O)COCCOCCOCCN. The number of nitrogens with one attached hydrogen (secondary N) is 1. The molecule has 12 nitrogen and oxygen atoms in total. The molecule has 0 aromatic rings. The summed E-state index contributed by atoms with van der Waals surface area (Å²) in [7, 11) is 0. The van der Waals surface area contributed by atoms with Crippen molar-refractivity contribution in [1.29, 1.82) is 0 Å². The number of hydrogen-bond donors (Lipinski definition) is 3. The van der Waals surface area contributed by atoms with Gasteiger partial charge in [0.1, 0.15) is 6.61 Å². The van der Waals surface area contributed by atoms with Crippen LogP contribution in [-0.2, 0) is 42.7 Å². The first-order valence-corrected chi connectivity index (χ1v) is 11.1. The van der Waals surface area contributed by atoms with Crippen LogP contribution in [0.3, 0.4) is 0 Å². The molecule has 0 unspecified atom stereocenters. The summed E-state index contributed by atoms with van der Waals surface area (Å²) < 4.78 is 42.3. The van der Waals surface area contributed by atoms with E-state index in [1.807, 2.05) is 0 Å². The summed E-state index contributed by atoms with van der Waals surface area (Å²) >= 11 is 0. The number of amides is 1. The van der Waals surface area contributed by atoms with Gasteiger partial charge >= 0.3 is 0 Å². The number of rotatable bonds is 27. The fourth-order valence-electron chi connectivity index (χ4n) is 2.07. The van der Waals surface area contributed by atoms with Gasteiger partial charge in [0, 0.05) is 19.6 Å². The van der Waals surface area contributed by atoms with E-state index in [2.05, 4.69) is 5.32 Å². The van der Waals surface area contributed by atoms with E-state index in [1.165, 1.54) is 0 Å². The Morgan fingerprint density at radius 1 is 0.469 bits per heavy atom.